The molecule has 84 valence electrons. The van der Waals surface area contributed by atoms with Gasteiger partial charge in [0.05, 0.1) is 12.2 Å². The maximum absolute atomic E-state index is 5.67. The van der Waals surface area contributed by atoms with Crippen LogP contribution in [0.2, 0.25) is 0 Å². The molecule has 4 nitrogen and oxygen atoms in total. The number of thiophene rings is 1. The molecule has 16 heavy (non-hydrogen) atoms. The highest BCUT2D eigenvalue weighted by Gasteiger charge is 2.05. The van der Waals surface area contributed by atoms with Crippen LogP contribution < -0.4 is 16.4 Å². The van der Waals surface area contributed by atoms with Crippen molar-refractivity contribution in [3.63, 3.8) is 0 Å². The van der Waals surface area contributed by atoms with Gasteiger partial charge in [0, 0.05) is 11.9 Å². The van der Waals surface area contributed by atoms with Gasteiger partial charge in [-0.3, -0.25) is 0 Å². The number of nitrogens with zero attached hydrogens (tertiary/aromatic N) is 2. The summed E-state index contributed by atoms with van der Waals surface area (Å²) in [4.78, 5) is 7.57. The number of hydrogen-bond donors (Lipinski definition) is 2. The third-order valence-corrected chi connectivity index (χ3v) is 3.17. The van der Waals surface area contributed by atoms with Crippen molar-refractivity contribution in [3.8, 4) is 0 Å². The van der Waals surface area contributed by atoms with Crippen LogP contribution in [-0.4, -0.2) is 12.0 Å². The zero-order chi connectivity index (χ0) is 11.5. The highest BCUT2D eigenvalue weighted by molar-refractivity contribution is 7.09. The highest BCUT2D eigenvalue weighted by Crippen LogP contribution is 2.20. The quantitative estimate of drug-likeness (QED) is 0.851. The fourth-order valence-corrected chi connectivity index (χ4v) is 2.16. The van der Waals surface area contributed by atoms with Crippen molar-refractivity contribution in [2.45, 2.75) is 6.54 Å². The van der Waals surface area contributed by atoms with E-state index in [0.717, 1.165) is 12.4 Å². The Hall–Kier alpha value is -1.75. The van der Waals surface area contributed by atoms with Gasteiger partial charge in [-0.05, 0) is 23.6 Å². The number of anilines is 3. The van der Waals surface area contributed by atoms with Crippen molar-refractivity contribution >= 4 is 28.7 Å². The molecule has 2 aromatic rings. The van der Waals surface area contributed by atoms with Crippen molar-refractivity contribution < 1.29 is 0 Å². The van der Waals surface area contributed by atoms with E-state index in [4.69, 9.17) is 11.5 Å². The molecular weight excluding hydrogens is 220 g/mol. The van der Waals surface area contributed by atoms with E-state index in [0.29, 0.717) is 11.5 Å². The number of aromatic nitrogens is 1. The van der Waals surface area contributed by atoms with Crippen LogP contribution in [-0.2, 0) is 6.54 Å². The molecule has 0 bridgehead atoms. The molecule has 0 saturated heterocycles. The van der Waals surface area contributed by atoms with E-state index in [1.165, 1.54) is 4.88 Å². The van der Waals surface area contributed by atoms with Gasteiger partial charge in [-0.25, -0.2) is 4.98 Å². The molecule has 0 saturated carbocycles. The molecule has 0 fully saturated rings. The van der Waals surface area contributed by atoms with Gasteiger partial charge in [0.1, 0.15) is 11.6 Å². The monoisotopic (exact) mass is 234 g/mol. The summed E-state index contributed by atoms with van der Waals surface area (Å²) in [6.45, 7) is 0.827. The van der Waals surface area contributed by atoms with Crippen molar-refractivity contribution in [2.75, 3.05) is 23.4 Å². The average molecular weight is 234 g/mol. The minimum atomic E-state index is 0.385. The Kier molecular flexibility index (Phi) is 2.96. The molecule has 0 aliphatic heterocycles. The summed E-state index contributed by atoms with van der Waals surface area (Å²) in [6.07, 6.45) is 0. The number of nitrogens with two attached hydrogens (primary N) is 2. The zero-order valence-electron chi connectivity index (χ0n) is 9.05. The first-order valence-electron chi connectivity index (χ1n) is 4.92. The highest BCUT2D eigenvalue weighted by atomic mass is 32.1. The van der Waals surface area contributed by atoms with E-state index in [1.54, 1.807) is 17.4 Å². The van der Waals surface area contributed by atoms with Crippen LogP contribution >= 0.6 is 11.3 Å². The summed E-state index contributed by atoms with van der Waals surface area (Å²) in [5.74, 6) is 1.22. The van der Waals surface area contributed by atoms with Crippen molar-refractivity contribution in [1.29, 1.82) is 0 Å². The second kappa shape index (κ2) is 4.40. The molecule has 0 radical (unpaired) electrons. The molecule has 0 amide bonds. The average Bonchev–Trinajstić information content (AvgIpc) is 2.74. The lowest BCUT2D eigenvalue weighted by molar-refractivity contribution is 0.915. The van der Waals surface area contributed by atoms with E-state index in [2.05, 4.69) is 16.4 Å². The third kappa shape index (κ3) is 2.25. The molecule has 0 spiro atoms. The summed E-state index contributed by atoms with van der Waals surface area (Å²) in [6, 6.07) is 7.79. The Morgan fingerprint density at radius 2 is 2.12 bits per heavy atom. The summed E-state index contributed by atoms with van der Waals surface area (Å²) in [7, 11) is 1.98. The predicted octanol–water partition coefficient (Wildman–Crippen LogP) is 1.94. The Balaban J connectivity index is 2.14. The molecule has 0 atom stereocenters. The Morgan fingerprint density at radius 1 is 1.31 bits per heavy atom. The van der Waals surface area contributed by atoms with Gasteiger partial charge in [0.15, 0.2) is 0 Å². The van der Waals surface area contributed by atoms with Gasteiger partial charge >= 0.3 is 0 Å². The van der Waals surface area contributed by atoms with Crippen LogP contribution in [0.15, 0.2) is 29.6 Å². The molecule has 2 rings (SSSR count). The number of rotatable bonds is 3. The lowest BCUT2D eigenvalue weighted by atomic mass is 10.3. The maximum atomic E-state index is 5.67. The van der Waals surface area contributed by atoms with Crippen LogP contribution in [0.5, 0.6) is 0 Å². The predicted molar refractivity (Wildman–Crippen MR) is 69.5 cm³/mol. The first-order chi connectivity index (χ1) is 7.66. The molecule has 0 aliphatic carbocycles. The number of pyridine rings is 1. The van der Waals surface area contributed by atoms with Crippen molar-refractivity contribution in [1.82, 2.24) is 4.98 Å². The summed E-state index contributed by atoms with van der Waals surface area (Å²) in [5, 5.41) is 2.06. The largest absolute Gasteiger partial charge is 0.396 e. The Labute approximate surface area is 98.5 Å². The number of hydrogen-bond acceptors (Lipinski definition) is 5. The minimum Gasteiger partial charge on any atom is -0.396 e. The van der Waals surface area contributed by atoms with Gasteiger partial charge in [-0.15, -0.1) is 11.3 Å². The maximum Gasteiger partial charge on any atom is 0.149 e. The van der Waals surface area contributed by atoms with Gasteiger partial charge < -0.3 is 16.4 Å². The van der Waals surface area contributed by atoms with Crippen LogP contribution in [0.3, 0.4) is 0 Å². The van der Waals surface area contributed by atoms with E-state index >= 15 is 0 Å². The molecule has 5 heteroatoms. The normalized spacial score (nSPS) is 10.3. The fraction of sp³-hybridized carbons (Fsp3) is 0.182. The molecule has 2 heterocycles. The van der Waals surface area contributed by atoms with Gasteiger partial charge in [0.25, 0.3) is 0 Å². The first kappa shape index (κ1) is 10.8. The van der Waals surface area contributed by atoms with Crippen LogP contribution in [0, 0.1) is 0 Å². The van der Waals surface area contributed by atoms with Crippen molar-refractivity contribution in [2.24, 2.45) is 0 Å². The SMILES string of the molecule is CN(Cc1cccs1)c1ccc(N)c(N)n1. The van der Waals surface area contributed by atoms with E-state index < -0.39 is 0 Å². The molecular formula is C11H14N4S. The molecule has 2 aromatic heterocycles. The Bertz CT molecular complexity index is 467. The second-order valence-electron chi connectivity index (χ2n) is 3.58. The molecule has 0 aliphatic rings. The topological polar surface area (TPSA) is 68.2 Å². The van der Waals surface area contributed by atoms with Crippen LogP contribution in [0.1, 0.15) is 4.88 Å². The molecule has 4 N–H and O–H groups in total. The van der Waals surface area contributed by atoms with Crippen molar-refractivity contribution in [3.05, 3.63) is 34.5 Å². The van der Waals surface area contributed by atoms with E-state index in [9.17, 15) is 0 Å². The minimum absolute atomic E-state index is 0.385. The fourth-order valence-electron chi connectivity index (χ4n) is 1.40. The van der Waals surface area contributed by atoms with Crippen LogP contribution in [0.25, 0.3) is 0 Å². The molecule has 0 aromatic carbocycles. The van der Waals surface area contributed by atoms with Gasteiger partial charge in [0.2, 0.25) is 0 Å². The van der Waals surface area contributed by atoms with E-state index in [1.807, 2.05) is 24.1 Å². The van der Waals surface area contributed by atoms with Gasteiger partial charge in [-0.1, -0.05) is 6.07 Å². The lowest BCUT2D eigenvalue weighted by Gasteiger charge is -2.17. The summed E-state index contributed by atoms with van der Waals surface area (Å²) < 4.78 is 0. The lowest BCUT2D eigenvalue weighted by Crippen LogP contribution is -2.17. The van der Waals surface area contributed by atoms with Gasteiger partial charge in [-0.2, -0.15) is 0 Å². The van der Waals surface area contributed by atoms with E-state index in [-0.39, 0.29) is 0 Å². The summed E-state index contributed by atoms with van der Waals surface area (Å²) in [5.41, 5.74) is 11.8. The Morgan fingerprint density at radius 3 is 2.75 bits per heavy atom. The standard InChI is InChI=1S/C11H14N4S/c1-15(7-8-3-2-6-16-8)10-5-4-9(12)11(13)14-10/h2-6H,7,12H2,1H3,(H2,13,14). The second-order valence-corrected chi connectivity index (χ2v) is 4.61. The third-order valence-electron chi connectivity index (χ3n) is 2.31. The first-order valence-corrected chi connectivity index (χ1v) is 5.80. The zero-order valence-corrected chi connectivity index (χ0v) is 9.87. The van der Waals surface area contributed by atoms with Crippen LogP contribution in [0.4, 0.5) is 17.3 Å². The number of nitrogen functional groups attached to an aromatic ring is 2. The smallest absolute Gasteiger partial charge is 0.149 e. The molecule has 0 unspecified atom stereocenters. The summed E-state index contributed by atoms with van der Waals surface area (Å²) >= 11 is 1.73.